The van der Waals surface area contributed by atoms with Crippen molar-refractivity contribution in [3.05, 3.63) is 23.8 Å². The molecule has 5 nitrogen and oxygen atoms in total. The molecule has 1 aromatic carbocycles. The number of benzene rings is 1. The van der Waals surface area contributed by atoms with Crippen molar-refractivity contribution in [2.24, 2.45) is 11.7 Å². The molecule has 1 saturated carbocycles. The summed E-state index contributed by atoms with van der Waals surface area (Å²) < 4.78 is 0. The molecule has 0 heterocycles. The lowest BCUT2D eigenvalue weighted by molar-refractivity contribution is -0.117. The summed E-state index contributed by atoms with van der Waals surface area (Å²) in [7, 11) is 0. The van der Waals surface area contributed by atoms with Crippen LogP contribution in [0.5, 0.6) is 0 Å². The van der Waals surface area contributed by atoms with E-state index in [0.29, 0.717) is 11.4 Å². The highest BCUT2D eigenvalue weighted by atomic mass is 16.2. The monoisotopic (exact) mass is 261 g/mol. The number of aryl methyl sites for hydroxylation is 1. The molecule has 1 aliphatic carbocycles. The normalized spacial score (nSPS) is 14.0. The van der Waals surface area contributed by atoms with Gasteiger partial charge in [-0.15, -0.1) is 0 Å². The Hall–Kier alpha value is -1.88. The van der Waals surface area contributed by atoms with E-state index in [4.69, 9.17) is 5.73 Å². The highest BCUT2D eigenvalue weighted by molar-refractivity contribution is 5.96. The molecule has 102 valence electrons. The molecule has 5 heteroatoms. The van der Waals surface area contributed by atoms with E-state index in [1.54, 1.807) is 6.07 Å². The zero-order valence-electron chi connectivity index (χ0n) is 11.0. The van der Waals surface area contributed by atoms with Gasteiger partial charge in [0.05, 0.1) is 6.54 Å². The SMILES string of the molecule is CCc1ccc(NC(=O)C2CC2)cc1NC(=O)CN. The zero-order valence-corrected chi connectivity index (χ0v) is 11.0. The van der Waals surface area contributed by atoms with Gasteiger partial charge in [0, 0.05) is 17.3 Å². The molecular formula is C14H19N3O2. The first-order chi connectivity index (χ1) is 9.13. The molecule has 2 rings (SSSR count). The van der Waals surface area contributed by atoms with E-state index >= 15 is 0 Å². The Kier molecular flexibility index (Phi) is 4.16. The molecule has 19 heavy (non-hydrogen) atoms. The number of rotatable bonds is 5. The van der Waals surface area contributed by atoms with E-state index in [1.165, 1.54) is 0 Å². The van der Waals surface area contributed by atoms with Crippen molar-refractivity contribution in [1.29, 1.82) is 0 Å². The lowest BCUT2D eigenvalue weighted by Gasteiger charge is -2.12. The molecule has 2 amide bonds. The van der Waals surface area contributed by atoms with Crippen LogP contribution in [0.2, 0.25) is 0 Å². The van der Waals surface area contributed by atoms with Crippen LogP contribution in [-0.2, 0) is 16.0 Å². The second kappa shape index (κ2) is 5.84. The largest absolute Gasteiger partial charge is 0.326 e. The molecule has 0 bridgehead atoms. The van der Waals surface area contributed by atoms with Crippen molar-refractivity contribution in [1.82, 2.24) is 0 Å². The number of hydrogen-bond donors (Lipinski definition) is 3. The predicted octanol–water partition coefficient (Wildman–Crippen LogP) is 1.49. The minimum atomic E-state index is -0.236. The summed E-state index contributed by atoms with van der Waals surface area (Å²) in [5.41, 5.74) is 7.74. The maximum atomic E-state index is 11.7. The molecular weight excluding hydrogens is 242 g/mol. The van der Waals surface area contributed by atoms with Gasteiger partial charge < -0.3 is 16.4 Å². The molecule has 0 spiro atoms. The maximum Gasteiger partial charge on any atom is 0.238 e. The van der Waals surface area contributed by atoms with Crippen molar-refractivity contribution < 1.29 is 9.59 Å². The molecule has 0 radical (unpaired) electrons. The zero-order chi connectivity index (χ0) is 13.8. The third-order valence-electron chi connectivity index (χ3n) is 3.17. The molecule has 1 aliphatic rings. The average molecular weight is 261 g/mol. The lowest BCUT2D eigenvalue weighted by atomic mass is 10.1. The van der Waals surface area contributed by atoms with Crippen molar-refractivity contribution in [2.75, 3.05) is 17.2 Å². The summed E-state index contributed by atoms with van der Waals surface area (Å²) >= 11 is 0. The number of carbonyl (C=O) groups excluding carboxylic acids is 2. The van der Waals surface area contributed by atoms with Crippen LogP contribution in [0.25, 0.3) is 0 Å². The van der Waals surface area contributed by atoms with Crippen LogP contribution >= 0.6 is 0 Å². The van der Waals surface area contributed by atoms with Crippen molar-refractivity contribution in [2.45, 2.75) is 26.2 Å². The van der Waals surface area contributed by atoms with Crippen molar-refractivity contribution >= 4 is 23.2 Å². The van der Waals surface area contributed by atoms with Crippen LogP contribution in [0, 0.1) is 5.92 Å². The Bertz CT molecular complexity index is 495. The van der Waals surface area contributed by atoms with Gasteiger partial charge >= 0.3 is 0 Å². The van der Waals surface area contributed by atoms with E-state index in [9.17, 15) is 9.59 Å². The summed E-state index contributed by atoms with van der Waals surface area (Å²) in [6.07, 6.45) is 2.74. The Morgan fingerprint density at radius 1 is 1.32 bits per heavy atom. The van der Waals surface area contributed by atoms with E-state index in [-0.39, 0.29) is 24.3 Å². The van der Waals surface area contributed by atoms with Gasteiger partial charge in [-0.25, -0.2) is 0 Å². The molecule has 0 atom stereocenters. The first-order valence-electron chi connectivity index (χ1n) is 6.57. The van der Waals surface area contributed by atoms with E-state index in [1.807, 2.05) is 19.1 Å². The van der Waals surface area contributed by atoms with Gasteiger partial charge in [-0.1, -0.05) is 13.0 Å². The average Bonchev–Trinajstić information content (AvgIpc) is 3.23. The van der Waals surface area contributed by atoms with Crippen molar-refractivity contribution in [3.8, 4) is 0 Å². The lowest BCUT2D eigenvalue weighted by Crippen LogP contribution is -2.22. The van der Waals surface area contributed by atoms with Gasteiger partial charge in [-0.2, -0.15) is 0 Å². The fraction of sp³-hybridized carbons (Fsp3) is 0.429. The van der Waals surface area contributed by atoms with Gasteiger partial charge in [0.25, 0.3) is 0 Å². The van der Waals surface area contributed by atoms with Crippen LogP contribution in [0.4, 0.5) is 11.4 Å². The number of nitrogens with one attached hydrogen (secondary N) is 2. The third kappa shape index (κ3) is 3.54. The highest BCUT2D eigenvalue weighted by Crippen LogP contribution is 2.31. The molecule has 4 N–H and O–H groups in total. The Labute approximate surface area is 112 Å². The first kappa shape index (κ1) is 13.5. The summed E-state index contributed by atoms with van der Waals surface area (Å²) in [6, 6.07) is 5.55. The third-order valence-corrected chi connectivity index (χ3v) is 3.17. The fourth-order valence-corrected chi connectivity index (χ4v) is 1.87. The van der Waals surface area contributed by atoms with Gasteiger partial charge in [0.15, 0.2) is 0 Å². The number of nitrogens with two attached hydrogens (primary N) is 1. The second-order valence-electron chi connectivity index (χ2n) is 4.74. The Morgan fingerprint density at radius 2 is 2.05 bits per heavy atom. The van der Waals surface area contributed by atoms with Gasteiger partial charge in [0.2, 0.25) is 11.8 Å². The van der Waals surface area contributed by atoms with E-state index in [0.717, 1.165) is 24.8 Å². The summed E-state index contributed by atoms with van der Waals surface area (Å²) in [5.74, 6) is -0.0198. The topological polar surface area (TPSA) is 84.2 Å². The summed E-state index contributed by atoms with van der Waals surface area (Å²) in [4.78, 5) is 23.1. The van der Waals surface area contributed by atoms with Crippen LogP contribution < -0.4 is 16.4 Å². The van der Waals surface area contributed by atoms with Gasteiger partial charge in [-0.3, -0.25) is 9.59 Å². The fourth-order valence-electron chi connectivity index (χ4n) is 1.87. The van der Waals surface area contributed by atoms with Crippen LogP contribution in [-0.4, -0.2) is 18.4 Å². The molecule has 0 aromatic heterocycles. The second-order valence-corrected chi connectivity index (χ2v) is 4.74. The molecule has 0 aliphatic heterocycles. The molecule has 1 aromatic rings. The number of hydrogen-bond acceptors (Lipinski definition) is 3. The van der Waals surface area contributed by atoms with Crippen LogP contribution in [0.15, 0.2) is 18.2 Å². The van der Waals surface area contributed by atoms with Crippen LogP contribution in [0.1, 0.15) is 25.3 Å². The van der Waals surface area contributed by atoms with Crippen molar-refractivity contribution in [3.63, 3.8) is 0 Å². The number of carbonyl (C=O) groups is 2. The van der Waals surface area contributed by atoms with Crippen LogP contribution in [0.3, 0.4) is 0 Å². The van der Waals surface area contributed by atoms with Gasteiger partial charge in [-0.05, 0) is 37.0 Å². The Balaban J connectivity index is 2.14. The quantitative estimate of drug-likeness (QED) is 0.751. The minimum Gasteiger partial charge on any atom is -0.326 e. The molecule has 1 fully saturated rings. The minimum absolute atomic E-state index is 0.0538. The van der Waals surface area contributed by atoms with E-state index < -0.39 is 0 Å². The van der Waals surface area contributed by atoms with E-state index in [2.05, 4.69) is 10.6 Å². The Morgan fingerprint density at radius 3 is 2.63 bits per heavy atom. The smallest absolute Gasteiger partial charge is 0.238 e. The first-order valence-corrected chi connectivity index (χ1v) is 6.57. The molecule has 0 unspecified atom stereocenters. The number of amides is 2. The summed E-state index contributed by atoms with van der Waals surface area (Å²) in [6.45, 7) is 1.96. The predicted molar refractivity (Wildman–Crippen MR) is 74.9 cm³/mol. The highest BCUT2D eigenvalue weighted by Gasteiger charge is 2.29. The summed E-state index contributed by atoms with van der Waals surface area (Å²) in [5, 5.41) is 5.62. The standard InChI is InChI=1S/C14H19N3O2/c1-2-9-5-6-11(16-14(19)10-3-4-10)7-12(9)17-13(18)8-15/h5-7,10H,2-4,8,15H2,1H3,(H,16,19)(H,17,18). The van der Waals surface area contributed by atoms with Gasteiger partial charge in [0.1, 0.15) is 0 Å². The molecule has 0 saturated heterocycles. The maximum absolute atomic E-state index is 11.7. The number of anilines is 2.